The molecule has 3 N–H and O–H groups in total. The summed E-state index contributed by atoms with van der Waals surface area (Å²) in [5.41, 5.74) is 2.11. The molecule has 1 amide bonds. The Morgan fingerprint density at radius 1 is 1.37 bits per heavy atom. The minimum absolute atomic E-state index is 0.0407. The van der Waals surface area contributed by atoms with Crippen LogP contribution in [0.5, 0.6) is 0 Å². The van der Waals surface area contributed by atoms with Gasteiger partial charge in [0, 0.05) is 44.1 Å². The number of carbonyl (C=O) groups is 1. The lowest BCUT2D eigenvalue weighted by Crippen LogP contribution is -2.36. The standard InChI is InChI=1S/C22H29FN8O4/c1-13(2)25-22(32)35-16-12-34-20(19(16)23)15-9-17(29-28-15)27-21-24-4-3-18-26-14(11-31(18)21)10-30-5-7-33-8-6-30/h3-4,9,11,13,16,19-20H,5-8,10,12H2,1-2H3,(H,25,32)(H2,24,27,28,29)/t16-,19+,20-/m0/s1. The number of aromatic amines is 1. The summed E-state index contributed by atoms with van der Waals surface area (Å²) in [6, 6.07) is 3.38. The molecule has 0 aliphatic carbocycles. The van der Waals surface area contributed by atoms with E-state index in [1.165, 1.54) is 0 Å². The molecule has 12 nitrogen and oxygen atoms in total. The van der Waals surface area contributed by atoms with Crippen LogP contribution in [0.4, 0.5) is 21.0 Å². The number of anilines is 2. The fraction of sp³-hybridized carbons (Fsp3) is 0.545. The number of alkyl halides is 1. The van der Waals surface area contributed by atoms with Crippen molar-refractivity contribution in [1.29, 1.82) is 0 Å². The van der Waals surface area contributed by atoms with E-state index >= 15 is 0 Å². The maximum Gasteiger partial charge on any atom is 0.407 e. The van der Waals surface area contributed by atoms with Crippen LogP contribution in [0, 0.1) is 0 Å². The van der Waals surface area contributed by atoms with Crippen LogP contribution in [0.15, 0.2) is 24.5 Å². The molecule has 0 unspecified atom stereocenters. The minimum Gasteiger partial charge on any atom is -0.441 e. The van der Waals surface area contributed by atoms with Gasteiger partial charge in [-0.3, -0.25) is 14.4 Å². The van der Waals surface area contributed by atoms with Crippen molar-refractivity contribution < 1.29 is 23.4 Å². The Labute approximate surface area is 201 Å². The second kappa shape index (κ2) is 10.1. The number of H-pyrrole nitrogens is 1. The first-order valence-electron chi connectivity index (χ1n) is 11.6. The van der Waals surface area contributed by atoms with E-state index in [0.717, 1.165) is 44.2 Å². The average molecular weight is 489 g/mol. The van der Waals surface area contributed by atoms with Gasteiger partial charge in [0.25, 0.3) is 0 Å². The highest BCUT2D eigenvalue weighted by Gasteiger charge is 2.42. The third-order valence-corrected chi connectivity index (χ3v) is 5.81. The van der Waals surface area contributed by atoms with E-state index in [1.54, 1.807) is 26.1 Å². The largest absolute Gasteiger partial charge is 0.441 e. The Morgan fingerprint density at radius 2 is 2.20 bits per heavy atom. The minimum atomic E-state index is -1.53. The van der Waals surface area contributed by atoms with Gasteiger partial charge in [0.15, 0.2) is 18.1 Å². The topological polar surface area (TPSA) is 131 Å². The molecule has 2 saturated heterocycles. The number of halogens is 1. The number of carbonyl (C=O) groups excluding carboxylic acids is 1. The molecule has 0 saturated carbocycles. The number of morpholine rings is 1. The van der Waals surface area contributed by atoms with Crippen LogP contribution in [0.25, 0.3) is 5.65 Å². The number of rotatable bonds is 7. The molecule has 5 heterocycles. The quantitative estimate of drug-likeness (QED) is 0.457. The van der Waals surface area contributed by atoms with Crippen molar-refractivity contribution in [2.24, 2.45) is 0 Å². The van der Waals surface area contributed by atoms with Gasteiger partial charge >= 0.3 is 6.09 Å². The van der Waals surface area contributed by atoms with Crippen molar-refractivity contribution in [2.45, 2.75) is 44.8 Å². The van der Waals surface area contributed by atoms with Gasteiger partial charge in [-0.2, -0.15) is 5.10 Å². The third-order valence-electron chi connectivity index (χ3n) is 5.81. The number of amides is 1. The Hall–Kier alpha value is -3.29. The molecule has 0 bridgehead atoms. The Morgan fingerprint density at radius 3 is 3.00 bits per heavy atom. The number of nitrogens with one attached hydrogen (secondary N) is 3. The van der Waals surface area contributed by atoms with Gasteiger partial charge in [-0.25, -0.2) is 19.2 Å². The summed E-state index contributed by atoms with van der Waals surface area (Å²) in [6.45, 7) is 7.49. The summed E-state index contributed by atoms with van der Waals surface area (Å²) in [6.07, 6.45) is -0.513. The van der Waals surface area contributed by atoms with Crippen LogP contribution in [-0.4, -0.2) is 86.8 Å². The van der Waals surface area contributed by atoms with Crippen LogP contribution in [0.1, 0.15) is 31.3 Å². The SMILES string of the molecule is CC(C)NC(=O)O[C@H]1CO[C@@H](c2cc(Nc3nccc4nc(CN5CCOCC5)cn34)n[nH]2)[C@@H]1F. The maximum absolute atomic E-state index is 14.9. The zero-order valence-electron chi connectivity index (χ0n) is 19.6. The fourth-order valence-corrected chi connectivity index (χ4v) is 4.13. The Kier molecular flexibility index (Phi) is 6.79. The van der Waals surface area contributed by atoms with E-state index < -0.39 is 24.5 Å². The lowest BCUT2D eigenvalue weighted by Gasteiger charge is -2.25. The van der Waals surface area contributed by atoms with Gasteiger partial charge in [-0.1, -0.05) is 0 Å². The molecular formula is C22H29FN8O4. The molecule has 13 heteroatoms. The average Bonchev–Trinajstić information content (AvgIpc) is 3.54. The number of imidazole rings is 1. The number of hydrogen-bond acceptors (Lipinski definition) is 9. The summed E-state index contributed by atoms with van der Waals surface area (Å²) >= 11 is 0. The molecule has 2 aliphatic rings. The smallest absolute Gasteiger partial charge is 0.407 e. The first kappa shape index (κ1) is 23.5. The fourth-order valence-electron chi connectivity index (χ4n) is 4.13. The number of ether oxygens (including phenoxy) is 3. The summed E-state index contributed by atoms with van der Waals surface area (Å²) in [5, 5.41) is 12.8. The van der Waals surface area contributed by atoms with E-state index in [4.69, 9.17) is 19.2 Å². The summed E-state index contributed by atoms with van der Waals surface area (Å²) in [7, 11) is 0. The highest BCUT2D eigenvalue weighted by atomic mass is 19.1. The van der Waals surface area contributed by atoms with Crippen molar-refractivity contribution in [3.8, 4) is 0 Å². The number of nitrogens with zero attached hydrogens (tertiary/aromatic N) is 5. The van der Waals surface area contributed by atoms with E-state index in [0.29, 0.717) is 17.5 Å². The molecule has 5 rings (SSSR count). The van der Waals surface area contributed by atoms with E-state index in [9.17, 15) is 9.18 Å². The van der Waals surface area contributed by atoms with Crippen molar-refractivity contribution in [3.63, 3.8) is 0 Å². The van der Waals surface area contributed by atoms with E-state index in [1.807, 2.05) is 16.7 Å². The van der Waals surface area contributed by atoms with Crippen LogP contribution in [-0.2, 0) is 20.8 Å². The first-order chi connectivity index (χ1) is 17.0. The predicted octanol–water partition coefficient (Wildman–Crippen LogP) is 1.94. The van der Waals surface area contributed by atoms with Gasteiger partial charge in [0.05, 0.1) is 31.2 Å². The highest BCUT2D eigenvalue weighted by molar-refractivity contribution is 5.67. The van der Waals surface area contributed by atoms with Crippen molar-refractivity contribution >= 4 is 23.5 Å². The number of fused-ring (bicyclic) bond motifs is 1. The van der Waals surface area contributed by atoms with Crippen LogP contribution >= 0.6 is 0 Å². The second-order valence-corrected chi connectivity index (χ2v) is 8.89. The van der Waals surface area contributed by atoms with Crippen LogP contribution < -0.4 is 10.6 Å². The molecule has 3 atom stereocenters. The van der Waals surface area contributed by atoms with Crippen LogP contribution in [0.2, 0.25) is 0 Å². The summed E-state index contributed by atoms with van der Waals surface area (Å²) < 4.78 is 32.9. The molecule has 3 aromatic heterocycles. The molecule has 0 radical (unpaired) electrons. The number of hydrogen-bond donors (Lipinski definition) is 3. The van der Waals surface area contributed by atoms with Crippen LogP contribution in [0.3, 0.4) is 0 Å². The molecule has 0 spiro atoms. The first-order valence-corrected chi connectivity index (χ1v) is 11.6. The van der Waals surface area contributed by atoms with E-state index in [2.05, 4.69) is 30.7 Å². The predicted molar refractivity (Wildman–Crippen MR) is 123 cm³/mol. The van der Waals surface area contributed by atoms with Gasteiger partial charge in [-0.05, 0) is 19.9 Å². The number of alkyl carbamates (subject to hydrolysis) is 1. The molecule has 188 valence electrons. The molecule has 0 aromatic carbocycles. The zero-order valence-corrected chi connectivity index (χ0v) is 19.6. The lowest BCUT2D eigenvalue weighted by atomic mass is 10.1. The van der Waals surface area contributed by atoms with Gasteiger partial charge in [0.1, 0.15) is 11.8 Å². The normalized spacial score (nSPS) is 23.1. The van der Waals surface area contributed by atoms with Gasteiger partial charge in [-0.15, -0.1) is 0 Å². The summed E-state index contributed by atoms with van der Waals surface area (Å²) in [5.74, 6) is 0.970. The van der Waals surface area contributed by atoms with Crippen molar-refractivity contribution in [1.82, 2.24) is 34.8 Å². The molecule has 3 aromatic rings. The second-order valence-electron chi connectivity index (χ2n) is 8.89. The molecule has 35 heavy (non-hydrogen) atoms. The Bertz CT molecular complexity index is 1160. The third kappa shape index (κ3) is 5.36. The highest BCUT2D eigenvalue weighted by Crippen LogP contribution is 2.33. The lowest BCUT2D eigenvalue weighted by molar-refractivity contribution is 0.0337. The molecule has 2 fully saturated rings. The Balaban J connectivity index is 1.25. The van der Waals surface area contributed by atoms with Crippen molar-refractivity contribution in [2.75, 3.05) is 38.2 Å². The molecular weight excluding hydrogens is 459 g/mol. The van der Waals surface area contributed by atoms with E-state index in [-0.39, 0.29) is 12.6 Å². The van der Waals surface area contributed by atoms with Crippen molar-refractivity contribution in [3.05, 3.63) is 35.9 Å². The number of aromatic nitrogens is 5. The summed E-state index contributed by atoms with van der Waals surface area (Å²) in [4.78, 5) is 23.2. The van der Waals surface area contributed by atoms with Gasteiger partial charge < -0.3 is 24.8 Å². The zero-order chi connectivity index (χ0) is 24.4. The van der Waals surface area contributed by atoms with Gasteiger partial charge in [0.2, 0.25) is 5.95 Å². The maximum atomic E-state index is 14.9. The monoisotopic (exact) mass is 488 g/mol. The molecule has 2 aliphatic heterocycles.